The van der Waals surface area contributed by atoms with Gasteiger partial charge in [0, 0.05) is 36.1 Å². The predicted octanol–water partition coefficient (Wildman–Crippen LogP) is 2.11. The molecule has 0 spiro atoms. The second-order valence-corrected chi connectivity index (χ2v) is 3.84. The number of rotatable bonds is 5. The molecule has 0 aliphatic rings. The van der Waals surface area contributed by atoms with Crippen LogP contribution in [0.15, 0.2) is 24.3 Å². The summed E-state index contributed by atoms with van der Waals surface area (Å²) in [5.41, 5.74) is 1.17. The zero-order valence-electron chi connectivity index (χ0n) is 8.79. The fourth-order valence-electron chi connectivity index (χ4n) is 1.11. The number of ether oxygens (including phenoxy) is 1. The molecule has 3 heteroatoms. The fourth-order valence-corrected chi connectivity index (χ4v) is 1.26. The van der Waals surface area contributed by atoms with Crippen molar-refractivity contribution in [2.45, 2.75) is 12.5 Å². The van der Waals surface area contributed by atoms with Gasteiger partial charge in [0.05, 0.1) is 6.61 Å². The van der Waals surface area contributed by atoms with E-state index in [9.17, 15) is 0 Å². The molecule has 0 aromatic heterocycles. The van der Waals surface area contributed by atoms with Crippen LogP contribution in [0, 0.1) is 0 Å². The molecule has 1 rings (SSSR count). The summed E-state index contributed by atoms with van der Waals surface area (Å²) in [7, 11) is 7.47. The van der Waals surface area contributed by atoms with Crippen molar-refractivity contribution in [2.75, 3.05) is 25.6 Å². The van der Waals surface area contributed by atoms with E-state index in [2.05, 4.69) is 21.2 Å². The predicted molar refractivity (Wildman–Crippen MR) is 61.4 cm³/mol. The molecule has 0 saturated heterocycles. The van der Waals surface area contributed by atoms with Gasteiger partial charge in [0.2, 0.25) is 0 Å². The van der Waals surface area contributed by atoms with Gasteiger partial charge >= 0.3 is 0 Å². The summed E-state index contributed by atoms with van der Waals surface area (Å²) < 4.78 is 5.58. The maximum atomic E-state index is 5.58. The SMILES string of the molecule is CN(C)c1cccc(OCCC[Si])c1. The smallest absolute Gasteiger partial charge is 0.121 e. The Morgan fingerprint density at radius 2 is 2.14 bits per heavy atom. The van der Waals surface area contributed by atoms with Crippen molar-refractivity contribution in [3.63, 3.8) is 0 Å². The van der Waals surface area contributed by atoms with E-state index in [0.717, 1.165) is 24.8 Å². The summed E-state index contributed by atoms with van der Waals surface area (Å²) in [5.74, 6) is 0.941. The topological polar surface area (TPSA) is 12.5 Å². The first-order chi connectivity index (χ1) is 6.74. The van der Waals surface area contributed by atoms with Crippen molar-refractivity contribution in [3.05, 3.63) is 24.3 Å². The van der Waals surface area contributed by atoms with Gasteiger partial charge in [0.15, 0.2) is 0 Å². The number of nitrogens with zero attached hydrogens (tertiary/aromatic N) is 1. The van der Waals surface area contributed by atoms with Crippen LogP contribution in [0.3, 0.4) is 0 Å². The van der Waals surface area contributed by atoms with Gasteiger partial charge in [-0.3, -0.25) is 0 Å². The normalized spacial score (nSPS) is 9.93. The van der Waals surface area contributed by atoms with Crippen LogP contribution in [0.1, 0.15) is 6.42 Å². The highest BCUT2D eigenvalue weighted by atomic mass is 28.1. The van der Waals surface area contributed by atoms with E-state index in [0.29, 0.717) is 0 Å². The molecule has 75 valence electrons. The molecule has 2 nitrogen and oxygen atoms in total. The van der Waals surface area contributed by atoms with Gasteiger partial charge in [-0.2, -0.15) is 0 Å². The molecule has 1 aromatic carbocycles. The van der Waals surface area contributed by atoms with Crippen LogP contribution < -0.4 is 9.64 Å². The molecule has 0 N–H and O–H groups in total. The standard InChI is InChI=1S/C11H16NOSi/c1-12(2)10-5-3-6-11(9-10)13-7-4-8-14/h3,5-6,9H,4,7-8H2,1-2H3. The van der Waals surface area contributed by atoms with Crippen molar-refractivity contribution >= 4 is 15.9 Å². The summed E-state index contributed by atoms with van der Waals surface area (Å²) >= 11 is 0. The van der Waals surface area contributed by atoms with E-state index < -0.39 is 0 Å². The minimum atomic E-state index is 0.764. The Bertz CT molecular complexity index is 276. The average Bonchev–Trinajstić information content (AvgIpc) is 2.19. The first-order valence-electron chi connectivity index (χ1n) is 4.79. The Hall–Kier alpha value is -0.963. The van der Waals surface area contributed by atoms with E-state index in [1.807, 2.05) is 32.3 Å². The number of hydrogen-bond acceptors (Lipinski definition) is 2. The highest BCUT2D eigenvalue weighted by Crippen LogP contribution is 2.19. The summed E-state index contributed by atoms with van der Waals surface area (Å²) in [6, 6.07) is 9.09. The van der Waals surface area contributed by atoms with Crippen LogP contribution in [-0.4, -0.2) is 30.9 Å². The molecule has 14 heavy (non-hydrogen) atoms. The lowest BCUT2D eigenvalue weighted by Gasteiger charge is -2.13. The quantitative estimate of drug-likeness (QED) is 0.540. The first-order valence-corrected chi connectivity index (χ1v) is 5.49. The Morgan fingerprint density at radius 1 is 1.36 bits per heavy atom. The molecule has 3 radical (unpaired) electrons. The van der Waals surface area contributed by atoms with Gasteiger partial charge in [-0.05, 0) is 18.6 Å². The average molecular weight is 206 g/mol. The molecular weight excluding hydrogens is 190 g/mol. The first kappa shape index (κ1) is 11.1. The molecule has 0 amide bonds. The molecule has 0 heterocycles. The highest BCUT2D eigenvalue weighted by Gasteiger charge is 1.97. The van der Waals surface area contributed by atoms with Crippen molar-refractivity contribution in [2.24, 2.45) is 0 Å². The van der Waals surface area contributed by atoms with Crippen molar-refractivity contribution in [1.82, 2.24) is 0 Å². The lowest BCUT2D eigenvalue weighted by atomic mass is 10.3. The van der Waals surface area contributed by atoms with E-state index >= 15 is 0 Å². The van der Waals surface area contributed by atoms with E-state index in [1.165, 1.54) is 5.69 Å². The summed E-state index contributed by atoms with van der Waals surface area (Å²) in [6.07, 6.45) is 1.03. The molecule has 1 aromatic rings. The maximum Gasteiger partial charge on any atom is 0.121 e. The van der Waals surface area contributed by atoms with Crippen LogP contribution in [0.4, 0.5) is 5.69 Å². The molecule has 0 aliphatic carbocycles. The number of benzene rings is 1. The third kappa shape index (κ3) is 3.42. The van der Waals surface area contributed by atoms with Crippen LogP contribution in [-0.2, 0) is 0 Å². The summed E-state index contributed by atoms with van der Waals surface area (Å²) in [4.78, 5) is 2.07. The number of hydrogen-bond donors (Lipinski definition) is 0. The minimum absolute atomic E-state index is 0.764. The zero-order valence-corrected chi connectivity index (χ0v) is 9.79. The van der Waals surface area contributed by atoms with Gasteiger partial charge in [-0.1, -0.05) is 12.1 Å². The number of anilines is 1. The van der Waals surface area contributed by atoms with E-state index in [1.54, 1.807) is 0 Å². The Morgan fingerprint density at radius 3 is 2.79 bits per heavy atom. The van der Waals surface area contributed by atoms with Gasteiger partial charge in [-0.15, -0.1) is 0 Å². The van der Waals surface area contributed by atoms with Crippen LogP contribution in [0.2, 0.25) is 6.04 Å². The van der Waals surface area contributed by atoms with Crippen LogP contribution in [0.25, 0.3) is 0 Å². The minimum Gasteiger partial charge on any atom is -0.494 e. The third-order valence-corrected chi connectivity index (χ3v) is 2.28. The maximum absolute atomic E-state index is 5.58. The van der Waals surface area contributed by atoms with E-state index in [4.69, 9.17) is 4.74 Å². The molecule has 0 aliphatic heterocycles. The highest BCUT2D eigenvalue weighted by molar-refractivity contribution is 6.08. The molecule has 0 saturated carbocycles. The van der Waals surface area contributed by atoms with Gasteiger partial charge < -0.3 is 9.64 Å². The summed E-state index contributed by atoms with van der Waals surface area (Å²) in [6.45, 7) is 0.764. The zero-order chi connectivity index (χ0) is 10.4. The van der Waals surface area contributed by atoms with Crippen molar-refractivity contribution in [3.8, 4) is 5.75 Å². The Kier molecular flexibility index (Phi) is 4.53. The third-order valence-electron chi connectivity index (χ3n) is 1.92. The second kappa shape index (κ2) is 5.70. The molecular formula is C11H16NOSi. The Labute approximate surface area is 89.3 Å². The second-order valence-electron chi connectivity index (χ2n) is 3.34. The molecule has 0 bridgehead atoms. The van der Waals surface area contributed by atoms with Gasteiger partial charge in [0.25, 0.3) is 0 Å². The molecule has 0 fully saturated rings. The lowest BCUT2D eigenvalue weighted by Crippen LogP contribution is -2.08. The van der Waals surface area contributed by atoms with Crippen molar-refractivity contribution in [1.29, 1.82) is 0 Å². The fraction of sp³-hybridized carbons (Fsp3) is 0.455. The monoisotopic (exact) mass is 206 g/mol. The Balaban J connectivity index is 2.55. The molecule has 0 unspecified atom stereocenters. The lowest BCUT2D eigenvalue weighted by molar-refractivity contribution is 0.317. The van der Waals surface area contributed by atoms with Gasteiger partial charge in [0.1, 0.15) is 5.75 Å². The van der Waals surface area contributed by atoms with Gasteiger partial charge in [-0.25, -0.2) is 0 Å². The molecule has 0 atom stereocenters. The summed E-state index contributed by atoms with van der Waals surface area (Å²) in [5, 5.41) is 0. The van der Waals surface area contributed by atoms with E-state index in [-0.39, 0.29) is 0 Å². The van der Waals surface area contributed by atoms with Crippen LogP contribution in [0.5, 0.6) is 5.75 Å². The van der Waals surface area contributed by atoms with Crippen LogP contribution >= 0.6 is 0 Å². The van der Waals surface area contributed by atoms with Crippen molar-refractivity contribution < 1.29 is 4.74 Å². The largest absolute Gasteiger partial charge is 0.494 e.